The van der Waals surface area contributed by atoms with Crippen molar-refractivity contribution >= 4 is 5.82 Å². The average molecular weight is 197 g/mol. The molecule has 0 fully saturated rings. The minimum atomic E-state index is -0.707. The van der Waals surface area contributed by atoms with Gasteiger partial charge < -0.3 is 10.4 Å². The number of nitrogens with one attached hydrogen (secondary N) is 1. The van der Waals surface area contributed by atoms with Crippen LogP contribution in [0.2, 0.25) is 0 Å². The van der Waals surface area contributed by atoms with Gasteiger partial charge in [-0.3, -0.25) is 4.68 Å². The van der Waals surface area contributed by atoms with E-state index in [2.05, 4.69) is 24.3 Å². The van der Waals surface area contributed by atoms with Crippen LogP contribution in [-0.2, 0) is 0 Å². The van der Waals surface area contributed by atoms with E-state index < -0.39 is 5.60 Å². The Morgan fingerprint density at radius 1 is 1.57 bits per heavy atom. The van der Waals surface area contributed by atoms with Crippen molar-refractivity contribution < 1.29 is 5.11 Å². The highest BCUT2D eigenvalue weighted by Gasteiger charge is 2.12. The van der Waals surface area contributed by atoms with E-state index in [0.29, 0.717) is 12.6 Å². The molecular formula is C10H19N3O. The molecule has 2 N–H and O–H groups in total. The van der Waals surface area contributed by atoms with Crippen LogP contribution >= 0.6 is 0 Å². The highest BCUT2D eigenvalue weighted by atomic mass is 16.3. The summed E-state index contributed by atoms with van der Waals surface area (Å²) in [5.74, 6) is 0.806. The summed E-state index contributed by atoms with van der Waals surface area (Å²) in [6, 6.07) is 2.28. The molecule has 0 aliphatic carbocycles. The van der Waals surface area contributed by atoms with Crippen molar-refractivity contribution in [2.24, 2.45) is 0 Å². The molecule has 1 aromatic heterocycles. The van der Waals surface area contributed by atoms with Crippen LogP contribution in [0.3, 0.4) is 0 Å². The molecule has 80 valence electrons. The Morgan fingerprint density at radius 3 is 2.64 bits per heavy atom. The lowest BCUT2D eigenvalue weighted by Crippen LogP contribution is -2.29. The normalized spacial score (nSPS) is 12.1. The topological polar surface area (TPSA) is 50.1 Å². The molecule has 0 amide bonds. The first-order valence-corrected chi connectivity index (χ1v) is 4.90. The van der Waals surface area contributed by atoms with Crippen LogP contribution in [0.4, 0.5) is 5.82 Å². The average Bonchev–Trinajstić information content (AvgIpc) is 2.47. The van der Waals surface area contributed by atoms with Gasteiger partial charge in [-0.1, -0.05) is 0 Å². The summed E-state index contributed by atoms with van der Waals surface area (Å²) in [5, 5.41) is 16.9. The second-order valence-electron chi connectivity index (χ2n) is 4.44. The van der Waals surface area contributed by atoms with Gasteiger partial charge >= 0.3 is 0 Å². The first kappa shape index (κ1) is 11.0. The molecule has 0 atom stereocenters. The molecule has 0 spiro atoms. The van der Waals surface area contributed by atoms with Crippen LogP contribution < -0.4 is 5.32 Å². The summed E-state index contributed by atoms with van der Waals surface area (Å²) < 4.78 is 1.88. The predicted octanol–water partition coefficient (Wildman–Crippen LogP) is 1.65. The Labute approximate surface area is 84.9 Å². The lowest BCUT2D eigenvalue weighted by atomic mass is 10.1. The third kappa shape index (κ3) is 3.38. The van der Waals surface area contributed by atoms with Crippen LogP contribution in [0.1, 0.15) is 33.7 Å². The summed E-state index contributed by atoms with van der Waals surface area (Å²) in [6.45, 7) is 8.18. The molecule has 14 heavy (non-hydrogen) atoms. The number of rotatable bonds is 4. The van der Waals surface area contributed by atoms with Gasteiger partial charge in [0.1, 0.15) is 5.82 Å². The maximum Gasteiger partial charge on any atom is 0.148 e. The largest absolute Gasteiger partial charge is 0.389 e. The van der Waals surface area contributed by atoms with Gasteiger partial charge in [0.05, 0.1) is 5.60 Å². The number of aliphatic hydroxyl groups is 1. The first-order valence-electron chi connectivity index (χ1n) is 4.90. The standard InChI is InChI=1S/C10H19N3O/c1-8(2)13-6-5-9(12-13)11-7-10(3,4)14/h5-6,8,14H,7H2,1-4H3,(H,11,12). The van der Waals surface area contributed by atoms with Gasteiger partial charge in [0.2, 0.25) is 0 Å². The molecular weight excluding hydrogens is 178 g/mol. The monoisotopic (exact) mass is 197 g/mol. The van der Waals surface area contributed by atoms with E-state index in [1.165, 1.54) is 0 Å². The number of hydrogen-bond acceptors (Lipinski definition) is 3. The zero-order valence-electron chi connectivity index (χ0n) is 9.28. The van der Waals surface area contributed by atoms with Crippen molar-refractivity contribution in [1.29, 1.82) is 0 Å². The molecule has 1 aromatic rings. The molecule has 4 heteroatoms. The molecule has 0 bridgehead atoms. The second-order valence-corrected chi connectivity index (χ2v) is 4.44. The Balaban J connectivity index is 2.52. The van der Waals surface area contributed by atoms with Gasteiger partial charge in [0, 0.05) is 24.8 Å². The molecule has 0 aliphatic rings. The fourth-order valence-electron chi connectivity index (χ4n) is 1.03. The predicted molar refractivity (Wildman–Crippen MR) is 57.4 cm³/mol. The highest BCUT2D eigenvalue weighted by molar-refractivity contribution is 5.32. The number of anilines is 1. The van der Waals surface area contributed by atoms with Gasteiger partial charge in [0.15, 0.2) is 0 Å². The van der Waals surface area contributed by atoms with E-state index in [1.54, 1.807) is 13.8 Å². The van der Waals surface area contributed by atoms with Gasteiger partial charge in [-0.15, -0.1) is 0 Å². The van der Waals surface area contributed by atoms with E-state index >= 15 is 0 Å². The summed E-state index contributed by atoms with van der Waals surface area (Å²) in [5.41, 5.74) is -0.707. The smallest absolute Gasteiger partial charge is 0.148 e. The van der Waals surface area contributed by atoms with E-state index in [9.17, 15) is 5.11 Å². The minimum absolute atomic E-state index is 0.368. The molecule has 4 nitrogen and oxygen atoms in total. The molecule has 0 unspecified atom stereocenters. The summed E-state index contributed by atoms with van der Waals surface area (Å²) in [4.78, 5) is 0. The quantitative estimate of drug-likeness (QED) is 0.771. The molecule has 0 aliphatic heterocycles. The van der Waals surface area contributed by atoms with Crippen LogP contribution in [0, 0.1) is 0 Å². The van der Waals surface area contributed by atoms with Crippen LogP contribution in [-0.4, -0.2) is 27.0 Å². The summed E-state index contributed by atoms with van der Waals surface area (Å²) in [6.07, 6.45) is 1.93. The van der Waals surface area contributed by atoms with E-state index in [-0.39, 0.29) is 0 Å². The minimum Gasteiger partial charge on any atom is -0.389 e. The Morgan fingerprint density at radius 2 is 2.21 bits per heavy atom. The third-order valence-electron chi connectivity index (χ3n) is 1.84. The lowest BCUT2D eigenvalue weighted by molar-refractivity contribution is 0.0944. The van der Waals surface area contributed by atoms with E-state index in [0.717, 1.165) is 5.82 Å². The first-order chi connectivity index (χ1) is 6.38. The molecule has 0 radical (unpaired) electrons. The third-order valence-corrected chi connectivity index (χ3v) is 1.84. The zero-order chi connectivity index (χ0) is 10.8. The second kappa shape index (κ2) is 4.00. The maximum absolute atomic E-state index is 9.50. The Kier molecular flexibility index (Phi) is 3.16. The Hall–Kier alpha value is -1.03. The molecule has 0 saturated carbocycles. The summed E-state index contributed by atoms with van der Waals surface area (Å²) in [7, 11) is 0. The molecule has 1 rings (SSSR count). The molecule has 0 saturated heterocycles. The zero-order valence-corrected chi connectivity index (χ0v) is 9.28. The molecule has 1 heterocycles. The van der Waals surface area contributed by atoms with Crippen molar-refractivity contribution in [3.05, 3.63) is 12.3 Å². The van der Waals surface area contributed by atoms with Crippen molar-refractivity contribution in [3.63, 3.8) is 0 Å². The summed E-state index contributed by atoms with van der Waals surface area (Å²) >= 11 is 0. The van der Waals surface area contributed by atoms with Gasteiger partial charge in [-0.05, 0) is 27.7 Å². The van der Waals surface area contributed by atoms with Crippen molar-refractivity contribution in [1.82, 2.24) is 9.78 Å². The Bertz CT molecular complexity index is 286. The van der Waals surface area contributed by atoms with Gasteiger partial charge in [-0.2, -0.15) is 5.10 Å². The van der Waals surface area contributed by atoms with E-state index in [4.69, 9.17) is 0 Å². The van der Waals surface area contributed by atoms with Crippen molar-refractivity contribution in [2.75, 3.05) is 11.9 Å². The van der Waals surface area contributed by atoms with Crippen molar-refractivity contribution in [3.8, 4) is 0 Å². The highest BCUT2D eigenvalue weighted by Crippen LogP contribution is 2.09. The molecule has 0 aromatic carbocycles. The van der Waals surface area contributed by atoms with Crippen molar-refractivity contribution in [2.45, 2.75) is 39.3 Å². The van der Waals surface area contributed by atoms with Gasteiger partial charge in [-0.25, -0.2) is 0 Å². The van der Waals surface area contributed by atoms with E-state index in [1.807, 2.05) is 16.9 Å². The van der Waals surface area contributed by atoms with Crippen LogP contribution in [0.15, 0.2) is 12.3 Å². The number of aromatic nitrogens is 2. The fourth-order valence-corrected chi connectivity index (χ4v) is 1.03. The van der Waals surface area contributed by atoms with Gasteiger partial charge in [0.25, 0.3) is 0 Å². The van der Waals surface area contributed by atoms with Crippen LogP contribution in [0.25, 0.3) is 0 Å². The fraction of sp³-hybridized carbons (Fsp3) is 0.700. The SMILES string of the molecule is CC(C)n1ccc(NCC(C)(C)O)n1. The number of nitrogens with zero attached hydrogens (tertiary/aromatic N) is 2. The maximum atomic E-state index is 9.50. The number of hydrogen-bond donors (Lipinski definition) is 2. The lowest BCUT2D eigenvalue weighted by Gasteiger charge is -2.17. The van der Waals surface area contributed by atoms with Crippen LogP contribution in [0.5, 0.6) is 0 Å².